The van der Waals surface area contributed by atoms with Gasteiger partial charge in [-0.05, 0) is 25.2 Å². The van der Waals surface area contributed by atoms with Gasteiger partial charge in [0.25, 0.3) is 5.56 Å². The second-order valence-corrected chi connectivity index (χ2v) is 6.36. The van der Waals surface area contributed by atoms with E-state index in [1.54, 1.807) is 32.4 Å². The van der Waals surface area contributed by atoms with Gasteiger partial charge in [0.05, 0.1) is 16.2 Å². The quantitative estimate of drug-likeness (QED) is 0.499. The van der Waals surface area contributed by atoms with E-state index in [2.05, 4.69) is 20.9 Å². The number of hydrogen-bond acceptors (Lipinski definition) is 6. The van der Waals surface area contributed by atoms with Crippen LogP contribution in [0.1, 0.15) is 0 Å². The van der Waals surface area contributed by atoms with Gasteiger partial charge in [-0.3, -0.25) is 10.1 Å². The fourth-order valence-corrected chi connectivity index (χ4v) is 3.03. The van der Waals surface area contributed by atoms with Crippen molar-refractivity contribution in [1.29, 1.82) is 0 Å². The fourth-order valence-electron chi connectivity index (χ4n) is 2.78. The molecule has 0 aliphatic carbocycles. The molecule has 0 saturated heterocycles. The highest BCUT2D eigenvalue weighted by atomic mass is 35.5. The van der Waals surface area contributed by atoms with Gasteiger partial charge in [0.2, 0.25) is 0 Å². The van der Waals surface area contributed by atoms with Crippen molar-refractivity contribution in [2.24, 2.45) is 7.05 Å². The van der Waals surface area contributed by atoms with E-state index in [0.717, 1.165) is 11.5 Å². The summed E-state index contributed by atoms with van der Waals surface area (Å²) in [4.78, 5) is 17.2. The normalized spacial score (nSPS) is 12.2. The van der Waals surface area contributed by atoms with Gasteiger partial charge >= 0.3 is 0 Å². The van der Waals surface area contributed by atoms with Crippen LogP contribution in [0.2, 0.25) is 5.02 Å². The second kappa shape index (κ2) is 7.51. The van der Waals surface area contributed by atoms with Gasteiger partial charge in [0.1, 0.15) is 11.6 Å². The Morgan fingerprint density at radius 1 is 1.22 bits per heavy atom. The maximum Gasteiger partial charge on any atom is 0.258 e. The van der Waals surface area contributed by atoms with Crippen LogP contribution in [0.3, 0.4) is 0 Å². The molecule has 9 heteroatoms. The van der Waals surface area contributed by atoms with Crippen LogP contribution >= 0.6 is 11.6 Å². The number of anilines is 2. The highest BCUT2D eigenvalue weighted by Crippen LogP contribution is 2.32. The molecule has 2 heterocycles. The monoisotopic (exact) mass is 391 g/mol. The van der Waals surface area contributed by atoms with Crippen LogP contribution in [0.5, 0.6) is 0 Å². The van der Waals surface area contributed by atoms with Gasteiger partial charge in [-0.15, -0.1) is 0 Å². The number of aryl methyl sites for hydroxylation is 1. The highest BCUT2D eigenvalue weighted by Gasteiger charge is 2.16. The number of aromatic nitrogens is 2. The molecule has 0 aliphatic heterocycles. The largest absolute Gasteiger partial charge is 0.373 e. The molecule has 0 amide bonds. The lowest BCUT2D eigenvalue weighted by Gasteiger charge is -2.16. The number of nitrogens with zero attached hydrogens (tertiary/aromatic N) is 2. The molecule has 2 aromatic heterocycles. The van der Waals surface area contributed by atoms with Crippen LogP contribution in [-0.2, 0) is 7.05 Å². The first-order valence-electron chi connectivity index (χ1n) is 8.14. The van der Waals surface area contributed by atoms with Gasteiger partial charge in [-0.25, -0.2) is 9.37 Å². The standard InChI is InChI=1S/C18H19ClFN5O2/c1-21-16-7-15-9(8-23-16)4-11(17(26)25(15)3)10-5-14(24-18(27)22-2)13(20)6-12(10)19/h4-8,18,22,24,27H,1-3H3,(H,21,23). The molecule has 3 aromatic rings. The first-order chi connectivity index (χ1) is 12.8. The molecule has 1 aromatic carbocycles. The number of hydrogen-bond donors (Lipinski definition) is 4. The third kappa shape index (κ3) is 3.59. The van der Waals surface area contributed by atoms with E-state index in [1.165, 1.54) is 17.7 Å². The topological polar surface area (TPSA) is 91.2 Å². The lowest BCUT2D eigenvalue weighted by Crippen LogP contribution is -2.33. The molecule has 1 unspecified atom stereocenters. The molecule has 7 nitrogen and oxygen atoms in total. The van der Waals surface area contributed by atoms with Crippen molar-refractivity contribution in [3.8, 4) is 11.1 Å². The van der Waals surface area contributed by atoms with Crippen molar-refractivity contribution in [1.82, 2.24) is 14.9 Å². The van der Waals surface area contributed by atoms with Crippen LogP contribution in [0.15, 0.2) is 35.3 Å². The van der Waals surface area contributed by atoms with Crippen LogP contribution in [0.4, 0.5) is 15.9 Å². The van der Waals surface area contributed by atoms with Crippen molar-refractivity contribution in [2.75, 3.05) is 24.7 Å². The molecule has 0 fully saturated rings. The lowest BCUT2D eigenvalue weighted by atomic mass is 10.0. The molecule has 0 aliphatic rings. The highest BCUT2D eigenvalue weighted by molar-refractivity contribution is 6.33. The number of benzene rings is 1. The molecule has 4 N–H and O–H groups in total. The maximum atomic E-state index is 14.2. The summed E-state index contributed by atoms with van der Waals surface area (Å²) in [6.07, 6.45) is 0.489. The fraction of sp³-hybridized carbons (Fsp3) is 0.222. The molecule has 0 bridgehead atoms. The average molecular weight is 392 g/mol. The van der Waals surface area contributed by atoms with Gasteiger partial charge in [0, 0.05) is 42.9 Å². The predicted molar refractivity (Wildman–Crippen MR) is 106 cm³/mol. The minimum absolute atomic E-state index is 0.0158. The van der Waals surface area contributed by atoms with Crippen molar-refractivity contribution in [3.05, 3.63) is 51.7 Å². The molecule has 3 rings (SSSR count). The molecule has 0 saturated carbocycles. The SMILES string of the molecule is CNc1cc2c(cn1)cc(-c1cc(NC(O)NC)c(F)cc1Cl)c(=O)n2C. The number of rotatable bonds is 5. The Kier molecular flexibility index (Phi) is 5.31. The zero-order valence-electron chi connectivity index (χ0n) is 15.0. The summed E-state index contributed by atoms with van der Waals surface area (Å²) in [6.45, 7) is 0. The average Bonchev–Trinajstić information content (AvgIpc) is 2.66. The Morgan fingerprint density at radius 3 is 2.63 bits per heavy atom. The Labute approximate surface area is 159 Å². The minimum atomic E-state index is -1.16. The summed E-state index contributed by atoms with van der Waals surface area (Å²) in [5.41, 5.74) is 1.08. The third-order valence-electron chi connectivity index (χ3n) is 4.28. The van der Waals surface area contributed by atoms with Crippen molar-refractivity contribution in [3.63, 3.8) is 0 Å². The smallest absolute Gasteiger partial charge is 0.258 e. The number of fused-ring (bicyclic) bond motifs is 1. The maximum absolute atomic E-state index is 14.2. The van der Waals surface area contributed by atoms with Gasteiger partial charge in [-0.1, -0.05) is 11.6 Å². The summed E-state index contributed by atoms with van der Waals surface area (Å²) in [5, 5.41) is 18.5. The van der Waals surface area contributed by atoms with E-state index < -0.39 is 12.2 Å². The summed E-state index contributed by atoms with van der Waals surface area (Å²) in [7, 11) is 4.90. The Hall–Kier alpha value is -2.68. The summed E-state index contributed by atoms with van der Waals surface area (Å²) in [5.74, 6) is -0.00593. The van der Waals surface area contributed by atoms with E-state index in [1.807, 2.05) is 0 Å². The van der Waals surface area contributed by atoms with E-state index in [4.69, 9.17) is 11.6 Å². The van der Waals surface area contributed by atoms with E-state index in [-0.39, 0.29) is 16.3 Å². The summed E-state index contributed by atoms with van der Waals surface area (Å²) in [6, 6.07) is 5.94. The van der Waals surface area contributed by atoms with E-state index in [0.29, 0.717) is 22.5 Å². The number of halogens is 2. The first kappa shape index (κ1) is 19.1. The molecule has 142 valence electrons. The Morgan fingerprint density at radius 2 is 1.96 bits per heavy atom. The summed E-state index contributed by atoms with van der Waals surface area (Å²) < 4.78 is 15.7. The summed E-state index contributed by atoms with van der Waals surface area (Å²) >= 11 is 6.21. The van der Waals surface area contributed by atoms with Crippen LogP contribution in [0.25, 0.3) is 22.0 Å². The zero-order chi connectivity index (χ0) is 19.7. The molecule has 0 spiro atoms. The Bertz CT molecular complexity index is 1070. The second-order valence-electron chi connectivity index (χ2n) is 5.95. The number of nitrogens with one attached hydrogen (secondary N) is 3. The Balaban J connectivity index is 2.21. The lowest BCUT2D eigenvalue weighted by molar-refractivity contribution is 0.175. The van der Waals surface area contributed by atoms with Crippen molar-refractivity contribution in [2.45, 2.75) is 6.35 Å². The molecule has 0 radical (unpaired) electrons. The van der Waals surface area contributed by atoms with Crippen LogP contribution < -0.4 is 21.5 Å². The number of pyridine rings is 2. The minimum Gasteiger partial charge on any atom is -0.373 e. The third-order valence-corrected chi connectivity index (χ3v) is 4.59. The first-order valence-corrected chi connectivity index (χ1v) is 8.52. The van der Waals surface area contributed by atoms with Gasteiger partial charge in [-0.2, -0.15) is 0 Å². The van der Waals surface area contributed by atoms with Gasteiger partial charge in [0.15, 0.2) is 6.35 Å². The number of aliphatic hydroxyl groups excluding tert-OH is 1. The predicted octanol–water partition coefficient (Wildman–Crippen LogP) is 2.34. The van der Waals surface area contributed by atoms with Crippen molar-refractivity contribution >= 4 is 34.0 Å². The van der Waals surface area contributed by atoms with Crippen molar-refractivity contribution < 1.29 is 9.50 Å². The molecule has 27 heavy (non-hydrogen) atoms. The molecular weight excluding hydrogens is 373 g/mol. The molecule has 1 atom stereocenters. The molecular formula is C18H19ClFN5O2. The van der Waals surface area contributed by atoms with Crippen LogP contribution in [0, 0.1) is 5.82 Å². The van der Waals surface area contributed by atoms with Crippen LogP contribution in [-0.4, -0.2) is 35.1 Å². The zero-order valence-corrected chi connectivity index (χ0v) is 15.7. The van der Waals surface area contributed by atoms with E-state index in [9.17, 15) is 14.3 Å². The number of aliphatic hydroxyl groups is 1. The van der Waals surface area contributed by atoms with Gasteiger partial charge < -0.3 is 20.3 Å². The van der Waals surface area contributed by atoms with E-state index >= 15 is 0 Å².